The number of benzene rings is 2. The maximum Gasteiger partial charge on any atom is 0.262 e. The minimum Gasteiger partial charge on any atom is -0.395 e. The van der Waals surface area contributed by atoms with E-state index < -0.39 is 10.0 Å². The number of sulfonamides is 1. The second-order valence-electron chi connectivity index (χ2n) is 5.71. The molecule has 0 fully saturated rings. The number of hydrogen-bond donors (Lipinski definition) is 2. The van der Waals surface area contributed by atoms with Crippen molar-refractivity contribution in [2.24, 2.45) is 0 Å². The molecule has 6 nitrogen and oxygen atoms in total. The zero-order chi connectivity index (χ0) is 18.2. The molecule has 25 heavy (non-hydrogen) atoms. The van der Waals surface area contributed by atoms with E-state index in [2.05, 4.69) is 9.71 Å². The molecule has 0 aliphatic heterocycles. The number of nitrogens with one attached hydrogen (secondary N) is 1. The Hall–Kier alpha value is -2.09. The minimum atomic E-state index is -3.76. The predicted octanol–water partition coefficient (Wildman–Crippen LogP) is 3.10. The van der Waals surface area contributed by atoms with Crippen LogP contribution >= 0.6 is 11.6 Å². The van der Waals surface area contributed by atoms with Crippen LogP contribution in [0.4, 0.5) is 5.69 Å². The summed E-state index contributed by atoms with van der Waals surface area (Å²) in [7, 11) is -3.76. The lowest BCUT2D eigenvalue weighted by atomic mass is 10.2. The van der Waals surface area contributed by atoms with Crippen molar-refractivity contribution in [2.75, 3.05) is 11.3 Å². The van der Waals surface area contributed by atoms with E-state index in [0.29, 0.717) is 28.3 Å². The molecule has 3 rings (SSSR count). The Kier molecular flexibility index (Phi) is 4.73. The van der Waals surface area contributed by atoms with Crippen molar-refractivity contribution < 1.29 is 13.5 Å². The van der Waals surface area contributed by atoms with Crippen LogP contribution in [0.3, 0.4) is 0 Å². The summed E-state index contributed by atoms with van der Waals surface area (Å²) in [6.45, 7) is 3.96. The van der Waals surface area contributed by atoms with Crippen molar-refractivity contribution in [2.45, 2.75) is 25.3 Å². The largest absolute Gasteiger partial charge is 0.395 e. The Morgan fingerprint density at radius 2 is 2.00 bits per heavy atom. The number of imidazole rings is 1. The molecule has 2 N–H and O–H groups in total. The van der Waals surface area contributed by atoms with E-state index in [-0.39, 0.29) is 11.5 Å². The summed E-state index contributed by atoms with van der Waals surface area (Å²) in [6.07, 6.45) is 0. The molecule has 0 aliphatic rings. The van der Waals surface area contributed by atoms with Crippen LogP contribution in [0.1, 0.15) is 11.4 Å². The number of anilines is 1. The number of rotatable bonds is 5. The van der Waals surface area contributed by atoms with Gasteiger partial charge >= 0.3 is 0 Å². The number of halogens is 1. The molecule has 0 amide bonds. The second kappa shape index (κ2) is 6.67. The molecule has 0 unspecified atom stereocenters. The first-order chi connectivity index (χ1) is 11.8. The normalized spacial score (nSPS) is 11.8. The van der Waals surface area contributed by atoms with Gasteiger partial charge in [-0.2, -0.15) is 0 Å². The number of aliphatic hydroxyl groups is 1. The number of aryl methyl sites for hydroxylation is 1. The molecule has 2 aromatic carbocycles. The lowest BCUT2D eigenvalue weighted by Gasteiger charge is -2.11. The van der Waals surface area contributed by atoms with Crippen molar-refractivity contribution in [3.05, 3.63) is 52.8 Å². The Morgan fingerprint density at radius 3 is 2.72 bits per heavy atom. The molecule has 0 atom stereocenters. The molecule has 1 aromatic heterocycles. The maximum atomic E-state index is 12.7. The molecule has 0 radical (unpaired) electrons. The zero-order valence-electron chi connectivity index (χ0n) is 13.8. The fourth-order valence-electron chi connectivity index (χ4n) is 2.78. The van der Waals surface area contributed by atoms with Crippen LogP contribution in [0, 0.1) is 13.8 Å². The molecular formula is C17H18ClN3O3S. The highest BCUT2D eigenvalue weighted by Gasteiger charge is 2.19. The maximum absolute atomic E-state index is 12.7. The third kappa shape index (κ3) is 3.35. The van der Waals surface area contributed by atoms with Gasteiger partial charge in [0.1, 0.15) is 5.82 Å². The second-order valence-corrected chi connectivity index (χ2v) is 7.76. The summed E-state index contributed by atoms with van der Waals surface area (Å²) in [5.74, 6) is 0.759. The van der Waals surface area contributed by atoms with E-state index in [0.717, 1.165) is 11.3 Å². The summed E-state index contributed by atoms with van der Waals surface area (Å²) < 4.78 is 29.8. The highest BCUT2D eigenvalue weighted by molar-refractivity contribution is 7.92. The van der Waals surface area contributed by atoms with Gasteiger partial charge in [-0.1, -0.05) is 17.7 Å². The van der Waals surface area contributed by atoms with Crippen LogP contribution in [-0.4, -0.2) is 29.7 Å². The summed E-state index contributed by atoms with van der Waals surface area (Å²) in [5, 5.41) is 9.55. The highest BCUT2D eigenvalue weighted by Crippen LogP contribution is 2.26. The van der Waals surface area contributed by atoms with E-state index in [1.54, 1.807) is 37.3 Å². The number of aromatic nitrogens is 2. The van der Waals surface area contributed by atoms with Gasteiger partial charge < -0.3 is 9.67 Å². The van der Waals surface area contributed by atoms with Gasteiger partial charge in [-0.25, -0.2) is 13.4 Å². The molecular weight excluding hydrogens is 362 g/mol. The summed E-state index contributed by atoms with van der Waals surface area (Å²) >= 11 is 6.03. The van der Waals surface area contributed by atoms with Gasteiger partial charge in [-0.15, -0.1) is 0 Å². The minimum absolute atomic E-state index is 0.00865. The van der Waals surface area contributed by atoms with Gasteiger partial charge in [0.2, 0.25) is 0 Å². The first kappa shape index (κ1) is 17.7. The van der Waals surface area contributed by atoms with E-state index in [4.69, 9.17) is 16.7 Å². The number of hydrogen-bond acceptors (Lipinski definition) is 4. The predicted molar refractivity (Wildman–Crippen MR) is 98.6 cm³/mol. The first-order valence-corrected chi connectivity index (χ1v) is 9.55. The Balaban J connectivity index is 1.99. The van der Waals surface area contributed by atoms with E-state index in [1.807, 2.05) is 11.5 Å². The average Bonchev–Trinajstić information content (AvgIpc) is 2.85. The van der Waals surface area contributed by atoms with Crippen molar-refractivity contribution in [3.63, 3.8) is 0 Å². The monoisotopic (exact) mass is 379 g/mol. The molecule has 8 heteroatoms. The lowest BCUT2D eigenvalue weighted by molar-refractivity contribution is 0.276. The topological polar surface area (TPSA) is 84.2 Å². The molecule has 0 saturated heterocycles. The van der Waals surface area contributed by atoms with Crippen LogP contribution in [-0.2, 0) is 16.6 Å². The Bertz CT molecular complexity index is 1040. The average molecular weight is 380 g/mol. The first-order valence-electron chi connectivity index (χ1n) is 7.69. The summed E-state index contributed by atoms with van der Waals surface area (Å²) in [5.41, 5.74) is 2.42. The third-order valence-corrected chi connectivity index (χ3v) is 5.96. The van der Waals surface area contributed by atoms with Gasteiger partial charge in [0.15, 0.2) is 0 Å². The summed E-state index contributed by atoms with van der Waals surface area (Å²) in [6, 6.07) is 9.91. The number of nitrogens with zero attached hydrogens (tertiary/aromatic N) is 2. The molecule has 1 heterocycles. The number of fused-ring (bicyclic) bond motifs is 1. The zero-order valence-corrected chi connectivity index (χ0v) is 15.4. The SMILES string of the molecule is Cc1c(Cl)cccc1S(=O)(=O)Nc1ccc2c(c1)nc(C)n2CCO. The third-order valence-electron chi connectivity index (χ3n) is 4.02. The standard InChI is InChI=1S/C17H18ClN3O3S/c1-11-14(18)4-3-5-17(11)25(23,24)20-13-6-7-16-15(10-13)19-12(2)21(16)8-9-22/h3-7,10,20,22H,8-9H2,1-2H3. The van der Waals surface area contributed by atoms with Crippen LogP contribution < -0.4 is 4.72 Å². The van der Waals surface area contributed by atoms with Gasteiger partial charge in [0.05, 0.1) is 28.2 Å². The summed E-state index contributed by atoms with van der Waals surface area (Å²) in [4.78, 5) is 4.56. The van der Waals surface area contributed by atoms with E-state index >= 15 is 0 Å². The molecule has 0 bridgehead atoms. The van der Waals surface area contributed by atoms with Crippen LogP contribution in [0.5, 0.6) is 0 Å². The van der Waals surface area contributed by atoms with Crippen molar-refractivity contribution in [1.29, 1.82) is 0 Å². The van der Waals surface area contributed by atoms with Crippen LogP contribution in [0.15, 0.2) is 41.3 Å². The molecule has 0 aliphatic carbocycles. The lowest BCUT2D eigenvalue weighted by Crippen LogP contribution is -2.14. The van der Waals surface area contributed by atoms with Gasteiger partial charge in [-0.3, -0.25) is 4.72 Å². The van der Waals surface area contributed by atoms with E-state index in [1.165, 1.54) is 6.07 Å². The quantitative estimate of drug-likeness (QED) is 0.713. The van der Waals surface area contributed by atoms with Gasteiger partial charge in [0, 0.05) is 11.6 Å². The van der Waals surface area contributed by atoms with Crippen molar-refractivity contribution in [1.82, 2.24) is 9.55 Å². The van der Waals surface area contributed by atoms with Crippen LogP contribution in [0.2, 0.25) is 5.02 Å². The molecule has 0 spiro atoms. The van der Waals surface area contributed by atoms with Gasteiger partial charge in [0.25, 0.3) is 10.0 Å². The van der Waals surface area contributed by atoms with E-state index in [9.17, 15) is 8.42 Å². The number of aliphatic hydroxyl groups excluding tert-OH is 1. The Labute approximate surface area is 151 Å². The fourth-order valence-corrected chi connectivity index (χ4v) is 4.33. The molecule has 132 valence electrons. The van der Waals surface area contributed by atoms with Gasteiger partial charge in [-0.05, 0) is 49.7 Å². The molecule has 3 aromatic rings. The van der Waals surface area contributed by atoms with Crippen molar-refractivity contribution >= 4 is 38.3 Å². The van der Waals surface area contributed by atoms with Crippen molar-refractivity contribution in [3.8, 4) is 0 Å². The molecule has 0 saturated carbocycles. The van der Waals surface area contributed by atoms with Crippen LogP contribution in [0.25, 0.3) is 11.0 Å². The smallest absolute Gasteiger partial charge is 0.262 e. The Morgan fingerprint density at radius 1 is 1.24 bits per heavy atom. The fraction of sp³-hybridized carbons (Fsp3) is 0.235. The highest BCUT2D eigenvalue weighted by atomic mass is 35.5.